The maximum Gasteiger partial charge on any atom is 0.277 e. The van der Waals surface area contributed by atoms with Crippen molar-refractivity contribution < 1.29 is 22.8 Å². The van der Waals surface area contributed by atoms with Crippen LogP contribution in [0.5, 0.6) is 5.75 Å². The Morgan fingerprint density at radius 1 is 1.00 bits per heavy atom. The molecule has 0 aliphatic heterocycles. The van der Waals surface area contributed by atoms with Gasteiger partial charge in [0.2, 0.25) is 11.8 Å². The SMILES string of the molecule is COc1ccc(-c2nnc(SCC(=O)N(Cc3ccco3)Cc3ccco3)o2)cc1. The average Bonchev–Trinajstić information content (AvgIpc) is 3.54. The van der Waals surface area contributed by atoms with E-state index in [0.29, 0.717) is 35.7 Å². The lowest BCUT2D eigenvalue weighted by Crippen LogP contribution is -2.31. The number of carbonyl (C=O) groups is 1. The fourth-order valence-corrected chi connectivity index (χ4v) is 3.41. The number of rotatable bonds is 9. The Morgan fingerprint density at radius 3 is 2.23 bits per heavy atom. The zero-order chi connectivity index (χ0) is 20.8. The molecule has 0 saturated carbocycles. The fraction of sp³-hybridized carbons (Fsp3) is 0.190. The molecule has 0 saturated heterocycles. The van der Waals surface area contributed by atoms with E-state index in [1.165, 1.54) is 11.8 Å². The average molecular weight is 425 g/mol. The normalized spacial score (nSPS) is 10.8. The maximum atomic E-state index is 12.8. The minimum Gasteiger partial charge on any atom is -0.497 e. The van der Waals surface area contributed by atoms with E-state index in [4.69, 9.17) is 18.0 Å². The summed E-state index contributed by atoms with van der Waals surface area (Å²) in [5.74, 6) is 2.56. The Bertz CT molecular complexity index is 1020. The van der Waals surface area contributed by atoms with E-state index in [-0.39, 0.29) is 11.7 Å². The zero-order valence-corrected chi connectivity index (χ0v) is 17.0. The van der Waals surface area contributed by atoms with Gasteiger partial charge in [0.1, 0.15) is 17.3 Å². The summed E-state index contributed by atoms with van der Waals surface area (Å²) in [6.45, 7) is 0.683. The van der Waals surface area contributed by atoms with Gasteiger partial charge in [0.25, 0.3) is 5.22 Å². The summed E-state index contributed by atoms with van der Waals surface area (Å²) in [6.07, 6.45) is 3.16. The van der Waals surface area contributed by atoms with Gasteiger partial charge in [0.05, 0.1) is 38.5 Å². The summed E-state index contributed by atoms with van der Waals surface area (Å²) >= 11 is 1.19. The molecule has 9 heteroatoms. The van der Waals surface area contributed by atoms with E-state index in [1.54, 1.807) is 36.7 Å². The first kappa shape index (κ1) is 19.8. The highest BCUT2D eigenvalue weighted by Gasteiger charge is 2.19. The van der Waals surface area contributed by atoms with Gasteiger partial charge in [-0.3, -0.25) is 4.79 Å². The Morgan fingerprint density at radius 2 is 1.67 bits per heavy atom. The second-order valence-corrected chi connectivity index (χ2v) is 7.23. The smallest absolute Gasteiger partial charge is 0.277 e. The van der Waals surface area contributed by atoms with Crippen molar-refractivity contribution in [2.45, 2.75) is 18.3 Å². The van der Waals surface area contributed by atoms with Crippen molar-refractivity contribution in [3.05, 3.63) is 72.6 Å². The number of nitrogens with zero attached hydrogens (tertiary/aromatic N) is 3. The third kappa shape index (κ3) is 4.93. The van der Waals surface area contributed by atoms with Crippen LogP contribution in [0, 0.1) is 0 Å². The van der Waals surface area contributed by atoms with Crippen molar-refractivity contribution in [2.75, 3.05) is 12.9 Å². The molecule has 0 atom stereocenters. The Balaban J connectivity index is 1.39. The molecule has 8 nitrogen and oxygen atoms in total. The predicted molar refractivity (Wildman–Crippen MR) is 109 cm³/mol. The second kappa shape index (κ2) is 9.36. The highest BCUT2D eigenvalue weighted by molar-refractivity contribution is 7.99. The van der Waals surface area contributed by atoms with Crippen molar-refractivity contribution in [2.24, 2.45) is 0 Å². The van der Waals surface area contributed by atoms with Gasteiger partial charge in [-0.15, -0.1) is 10.2 Å². The molecule has 154 valence electrons. The number of hydrogen-bond acceptors (Lipinski definition) is 8. The Labute approximate surface area is 176 Å². The molecule has 30 heavy (non-hydrogen) atoms. The third-order valence-corrected chi connectivity index (χ3v) is 5.07. The summed E-state index contributed by atoms with van der Waals surface area (Å²) < 4.78 is 21.6. The minimum absolute atomic E-state index is 0.100. The standard InChI is InChI=1S/C21H19N3O5S/c1-26-16-8-6-15(7-9-16)20-22-23-21(29-20)30-14-19(25)24(12-17-4-2-10-27-17)13-18-5-3-11-28-18/h2-11H,12-14H2,1H3. The van der Waals surface area contributed by atoms with E-state index < -0.39 is 0 Å². The molecule has 0 bridgehead atoms. The number of furan rings is 2. The Hall–Kier alpha value is -3.46. The lowest BCUT2D eigenvalue weighted by Gasteiger charge is -2.20. The van der Waals surface area contributed by atoms with Crippen LogP contribution in [0.4, 0.5) is 0 Å². The number of ether oxygens (including phenoxy) is 1. The quantitative estimate of drug-likeness (QED) is 0.367. The summed E-state index contributed by atoms with van der Waals surface area (Å²) in [4.78, 5) is 14.5. The van der Waals surface area contributed by atoms with Gasteiger partial charge in [0.15, 0.2) is 0 Å². The Kier molecular flexibility index (Phi) is 6.19. The van der Waals surface area contributed by atoms with Gasteiger partial charge in [0, 0.05) is 5.56 Å². The van der Waals surface area contributed by atoms with Crippen molar-refractivity contribution in [1.29, 1.82) is 0 Å². The molecular weight excluding hydrogens is 406 g/mol. The van der Waals surface area contributed by atoms with Crippen LogP contribution in [0.15, 0.2) is 79.5 Å². The van der Waals surface area contributed by atoms with Gasteiger partial charge < -0.3 is 22.9 Å². The molecule has 1 aromatic carbocycles. The van der Waals surface area contributed by atoms with Gasteiger partial charge in [-0.05, 0) is 48.5 Å². The fourth-order valence-electron chi connectivity index (χ4n) is 2.75. The van der Waals surface area contributed by atoms with E-state index in [0.717, 1.165) is 11.3 Å². The predicted octanol–water partition coefficient (Wildman–Crippen LogP) is 4.25. The molecule has 0 fully saturated rings. The van der Waals surface area contributed by atoms with Crippen LogP contribution in [0.3, 0.4) is 0 Å². The van der Waals surface area contributed by atoms with Crippen LogP contribution < -0.4 is 4.74 Å². The second-order valence-electron chi connectivity index (χ2n) is 6.30. The number of hydrogen-bond donors (Lipinski definition) is 0. The third-order valence-electron chi connectivity index (χ3n) is 4.27. The monoisotopic (exact) mass is 425 g/mol. The first-order valence-electron chi connectivity index (χ1n) is 9.14. The number of amides is 1. The highest BCUT2D eigenvalue weighted by atomic mass is 32.2. The largest absolute Gasteiger partial charge is 0.497 e. The van der Waals surface area contributed by atoms with Crippen molar-refractivity contribution in [3.63, 3.8) is 0 Å². The van der Waals surface area contributed by atoms with E-state index >= 15 is 0 Å². The minimum atomic E-state index is -0.100. The molecule has 1 amide bonds. The highest BCUT2D eigenvalue weighted by Crippen LogP contribution is 2.25. The molecule has 0 spiro atoms. The molecule has 4 rings (SSSR count). The van der Waals surface area contributed by atoms with Gasteiger partial charge in [-0.2, -0.15) is 0 Å². The maximum absolute atomic E-state index is 12.8. The first-order valence-corrected chi connectivity index (χ1v) is 10.1. The van der Waals surface area contributed by atoms with Crippen LogP contribution in [-0.2, 0) is 17.9 Å². The van der Waals surface area contributed by atoms with E-state index in [9.17, 15) is 4.79 Å². The van der Waals surface area contributed by atoms with Crippen molar-refractivity contribution in [3.8, 4) is 17.2 Å². The number of aromatic nitrogens is 2. The lowest BCUT2D eigenvalue weighted by atomic mass is 10.2. The molecule has 3 heterocycles. The van der Waals surface area contributed by atoms with E-state index in [2.05, 4.69) is 10.2 Å². The molecule has 4 aromatic rings. The topological polar surface area (TPSA) is 94.7 Å². The number of benzene rings is 1. The van der Waals surface area contributed by atoms with Gasteiger partial charge >= 0.3 is 0 Å². The van der Waals surface area contributed by atoms with Crippen molar-refractivity contribution >= 4 is 17.7 Å². The molecule has 3 aromatic heterocycles. The molecule has 0 aliphatic rings. The van der Waals surface area contributed by atoms with Gasteiger partial charge in [-0.25, -0.2) is 0 Å². The van der Waals surface area contributed by atoms with Crippen LogP contribution in [0.1, 0.15) is 11.5 Å². The van der Waals surface area contributed by atoms with Crippen LogP contribution >= 0.6 is 11.8 Å². The van der Waals surface area contributed by atoms with Crippen LogP contribution in [0.25, 0.3) is 11.5 Å². The number of thioether (sulfide) groups is 1. The number of methoxy groups -OCH3 is 1. The van der Waals surface area contributed by atoms with Crippen molar-refractivity contribution in [1.82, 2.24) is 15.1 Å². The number of carbonyl (C=O) groups excluding carboxylic acids is 1. The first-order chi connectivity index (χ1) is 14.7. The molecule has 0 aliphatic carbocycles. The molecule has 0 N–H and O–H groups in total. The van der Waals surface area contributed by atoms with Crippen LogP contribution in [-0.4, -0.2) is 33.9 Å². The van der Waals surface area contributed by atoms with Crippen LogP contribution in [0.2, 0.25) is 0 Å². The lowest BCUT2D eigenvalue weighted by molar-refractivity contribution is -0.130. The van der Waals surface area contributed by atoms with E-state index in [1.807, 2.05) is 36.4 Å². The van der Waals surface area contributed by atoms with Gasteiger partial charge in [-0.1, -0.05) is 11.8 Å². The molecule has 0 unspecified atom stereocenters. The summed E-state index contributed by atoms with van der Waals surface area (Å²) in [5, 5.41) is 8.40. The summed E-state index contributed by atoms with van der Waals surface area (Å²) in [7, 11) is 1.61. The summed E-state index contributed by atoms with van der Waals surface area (Å²) in [6, 6.07) is 14.5. The molecular formula is C21H19N3O5S. The molecule has 0 radical (unpaired) electrons. The zero-order valence-electron chi connectivity index (χ0n) is 16.2. The summed E-state index contributed by atoms with van der Waals surface area (Å²) in [5.41, 5.74) is 0.777.